The van der Waals surface area contributed by atoms with Crippen molar-refractivity contribution in [2.45, 2.75) is 31.7 Å². The van der Waals surface area contributed by atoms with E-state index in [1.54, 1.807) is 11.9 Å². The number of carbonyl (C=O) groups is 1. The average Bonchev–Trinajstić information content (AvgIpc) is 2.87. The third-order valence-corrected chi connectivity index (χ3v) is 5.23. The van der Waals surface area contributed by atoms with Gasteiger partial charge < -0.3 is 14.2 Å². The predicted octanol–water partition coefficient (Wildman–Crippen LogP) is 4.41. The van der Waals surface area contributed by atoms with Crippen LogP contribution in [0.4, 0.5) is 8.78 Å². The maximum atomic E-state index is 12.9. The summed E-state index contributed by atoms with van der Waals surface area (Å²) in [6, 6.07) is 7.71. The lowest BCUT2D eigenvalue weighted by Crippen LogP contribution is -2.46. The van der Waals surface area contributed by atoms with Crippen LogP contribution in [0.25, 0.3) is 11.0 Å². The van der Waals surface area contributed by atoms with Gasteiger partial charge in [0, 0.05) is 49.8 Å². The average molecular weight is 385 g/mol. The van der Waals surface area contributed by atoms with Gasteiger partial charge in [-0.15, -0.1) is 0 Å². The van der Waals surface area contributed by atoms with Crippen molar-refractivity contribution < 1.29 is 18.0 Å². The second-order valence-electron chi connectivity index (χ2n) is 7.16. The van der Waals surface area contributed by atoms with Crippen molar-refractivity contribution in [1.29, 1.82) is 0 Å². The monoisotopic (exact) mass is 384 g/mol. The van der Waals surface area contributed by atoms with E-state index < -0.39 is 11.8 Å². The van der Waals surface area contributed by atoms with E-state index in [1.165, 1.54) is 0 Å². The molecule has 7 heteroatoms. The van der Waals surface area contributed by atoms with E-state index in [0.717, 1.165) is 29.5 Å². The number of halogens is 3. The van der Waals surface area contributed by atoms with Crippen LogP contribution in [0.2, 0.25) is 5.22 Å². The summed E-state index contributed by atoms with van der Waals surface area (Å²) in [7, 11) is 3.66. The molecule has 2 aromatic rings. The standard InChI is InChI=1S/C19H23ClF2N2O2/c1-23(12-15-14-6-3-4-7-16(14)26-17(15)20)8-5-9-24(2)18(25)13-10-19(21,22)11-13/h3-4,6-7,13H,5,8-12H2,1-2H3. The molecule has 0 radical (unpaired) electrons. The molecule has 0 N–H and O–H groups in total. The zero-order valence-corrected chi connectivity index (χ0v) is 15.7. The Bertz CT molecular complexity index is 785. The molecule has 0 saturated heterocycles. The summed E-state index contributed by atoms with van der Waals surface area (Å²) in [5, 5.41) is 1.40. The van der Waals surface area contributed by atoms with Gasteiger partial charge in [-0.2, -0.15) is 0 Å². The zero-order valence-electron chi connectivity index (χ0n) is 15.0. The Morgan fingerprint density at radius 2 is 1.96 bits per heavy atom. The summed E-state index contributed by atoms with van der Waals surface area (Å²) in [6.45, 7) is 1.95. The predicted molar refractivity (Wildman–Crippen MR) is 97.5 cm³/mol. The van der Waals surface area contributed by atoms with Crippen LogP contribution >= 0.6 is 11.6 Å². The van der Waals surface area contributed by atoms with Gasteiger partial charge in [-0.1, -0.05) is 18.2 Å². The Morgan fingerprint density at radius 3 is 2.65 bits per heavy atom. The van der Waals surface area contributed by atoms with E-state index in [-0.39, 0.29) is 18.7 Å². The first kappa shape index (κ1) is 19.1. The highest BCUT2D eigenvalue weighted by Gasteiger charge is 2.49. The van der Waals surface area contributed by atoms with Gasteiger partial charge in [-0.25, -0.2) is 8.78 Å². The van der Waals surface area contributed by atoms with Crippen LogP contribution in [-0.2, 0) is 11.3 Å². The van der Waals surface area contributed by atoms with Gasteiger partial charge in [-0.3, -0.25) is 4.79 Å². The number of furan rings is 1. The van der Waals surface area contributed by atoms with Crippen LogP contribution in [0.1, 0.15) is 24.8 Å². The summed E-state index contributed by atoms with van der Waals surface area (Å²) < 4.78 is 31.4. The summed E-state index contributed by atoms with van der Waals surface area (Å²) in [5.74, 6) is -3.36. The molecule has 0 bridgehead atoms. The molecule has 1 fully saturated rings. The van der Waals surface area contributed by atoms with Gasteiger partial charge in [0.15, 0.2) is 5.22 Å². The smallest absolute Gasteiger partial charge is 0.249 e. The lowest BCUT2D eigenvalue weighted by molar-refractivity contribution is -0.158. The van der Waals surface area contributed by atoms with Crippen molar-refractivity contribution >= 4 is 28.5 Å². The molecule has 1 aromatic heterocycles. The third-order valence-electron chi connectivity index (χ3n) is 4.93. The van der Waals surface area contributed by atoms with Gasteiger partial charge in [0.2, 0.25) is 11.8 Å². The van der Waals surface area contributed by atoms with Gasteiger partial charge in [0.1, 0.15) is 5.58 Å². The number of fused-ring (bicyclic) bond motifs is 1. The molecule has 0 unspecified atom stereocenters. The summed E-state index contributed by atoms with van der Waals surface area (Å²) in [4.78, 5) is 15.8. The number of nitrogens with zero attached hydrogens (tertiary/aromatic N) is 2. The molecular formula is C19H23ClF2N2O2. The summed E-state index contributed by atoms with van der Waals surface area (Å²) >= 11 is 6.21. The van der Waals surface area contributed by atoms with E-state index in [9.17, 15) is 13.6 Å². The van der Waals surface area contributed by atoms with Crippen LogP contribution in [0.5, 0.6) is 0 Å². The van der Waals surface area contributed by atoms with Crippen LogP contribution in [-0.4, -0.2) is 48.8 Å². The number of carbonyl (C=O) groups excluding carboxylic acids is 1. The maximum Gasteiger partial charge on any atom is 0.249 e. The highest BCUT2D eigenvalue weighted by molar-refractivity contribution is 6.30. The quantitative estimate of drug-likeness (QED) is 0.709. The van der Waals surface area contributed by atoms with E-state index in [2.05, 4.69) is 4.90 Å². The Labute approximate surface area is 156 Å². The molecular weight excluding hydrogens is 362 g/mol. The van der Waals surface area contributed by atoms with Gasteiger partial charge in [-0.05, 0) is 37.7 Å². The van der Waals surface area contributed by atoms with Gasteiger partial charge in [0.05, 0.1) is 0 Å². The van der Waals surface area contributed by atoms with Crippen molar-refractivity contribution in [1.82, 2.24) is 9.80 Å². The normalized spacial score (nSPS) is 16.8. The first-order chi connectivity index (χ1) is 12.3. The number of hydrogen-bond donors (Lipinski definition) is 0. The first-order valence-corrected chi connectivity index (χ1v) is 9.12. The molecule has 4 nitrogen and oxygen atoms in total. The number of hydrogen-bond acceptors (Lipinski definition) is 3. The number of benzene rings is 1. The molecule has 1 saturated carbocycles. The van der Waals surface area contributed by atoms with Crippen molar-refractivity contribution in [3.8, 4) is 0 Å². The number of rotatable bonds is 7. The Morgan fingerprint density at radius 1 is 1.27 bits per heavy atom. The van der Waals surface area contributed by atoms with E-state index in [4.69, 9.17) is 16.0 Å². The second kappa shape index (κ2) is 7.53. The molecule has 0 aliphatic heterocycles. The minimum absolute atomic E-state index is 0.178. The molecule has 142 valence electrons. The van der Waals surface area contributed by atoms with E-state index in [1.807, 2.05) is 31.3 Å². The topological polar surface area (TPSA) is 36.7 Å². The second-order valence-corrected chi connectivity index (χ2v) is 7.51. The lowest BCUT2D eigenvalue weighted by atomic mass is 9.80. The fraction of sp³-hybridized carbons (Fsp3) is 0.526. The van der Waals surface area contributed by atoms with Gasteiger partial charge >= 0.3 is 0 Å². The molecule has 26 heavy (non-hydrogen) atoms. The number of alkyl halides is 2. The molecule has 1 aromatic carbocycles. The molecule has 1 aliphatic rings. The van der Waals surface area contributed by atoms with Crippen molar-refractivity contribution in [3.63, 3.8) is 0 Å². The third kappa shape index (κ3) is 4.18. The Hall–Kier alpha value is -1.66. The molecule has 1 aliphatic carbocycles. The number of para-hydroxylation sites is 1. The Balaban J connectivity index is 1.46. The molecule has 1 heterocycles. The van der Waals surface area contributed by atoms with Crippen LogP contribution < -0.4 is 0 Å². The van der Waals surface area contributed by atoms with E-state index >= 15 is 0 Å². The fourth-order valence-corrected chi connectivity index (χ4v) is 3.65. The molecule has 3 rings (SSSR count). The van der Waals surface area contributed by atoms with Crippen LogP contribution in [0, 0.1) is 5.92 Å². The molecule has 1 amide bonds. The highest BCUT2D eigenvalue weighted by Crippen LogP contribution is 2.43. The Kier molecular flexibility index (Phi) is 5.53. The lowest BCUT2D eigenvalue weighted by Gasteiger charge is -2.36. The maximum absolute atomic E-state index is 12.9. The fourth-order valence-electron chi connectivity index (χ4n) is 3.40. The first-order valence-electron chi connectivity index (χ1n) is 8.74. The zero-order chi connectivity index (χ0) is 18.9. The number of amides is 1. The minimum atomic E-state index is -2.66. The van der Waals surface area contributed by atoms with E-state index in [0.29, 0.717) is 18.3 Å². The SMILES string of the molecule is CN(CCCN(C)C(=O)C1CC(F)(F)C1)Cc1c(Cl)oc2ccccc12. The van der Waals surface area contributed by atoms with Crippen molar-refractivity contribution in [2.75, 3.05) is 27.2 Å². The van der Waals surface area contributed by atoms with Crippen molar-refractivity contribution in [2.24, 2.45) is 5.92 Å². The molecule has 0 atom stereocenters. The van der Waals surface area contributed by atoms with Gasteiger partial charge in [0.25, 0.3) is 0 Å². The molecule has 0 spiro atoms. The van der Waals surface area contributed by atoms with Crippen LogP contribution in [0.3, 0.4) is 0 Å². The summed E-state index contributed by atoms with van der Waals surface area (Å²) in [6.07, 6.45) is 0.125. The van der Waals surface area contributed by atoms with Crippen molar-refractivity contribution in [3.05, 3.63) is 35.0 Å². The summed E-state index contributed by atoms with van der Waals surface area (Å²) in [5.41, 5.74) is 1.72. The van der Waals surface area contributed by atoms with Crippen LogP contribution in [0.15, 0.2) is 28.7 Å². The minimum Gasteiger partial charge on any atom is -0.444 e. The highest BCUT2D eigenvalue weighted by atomic mass is 35.5. The largest absolute Gasteiger partial charge is 0.444 e.